The summed E-state index contributed by atoms with van der Waals surface area (Å²) in [5.74, 6) is -1.16. The molecule has 1 aromatic carbocycles. The number of carboxylic acids is 1. The van der Waals surface area contributed by atoms with Crippen molar-refractivity contribution in [3.63, 3.8) is 0 Å². The summed E-state index contributed by atoms with van der Waals surface area (Å²) in [6.45, 7) is 0. The Kier molecular flexibility index (Phi) is 4.77. The van der Waals surface area contributed by atoms with E-state index in [1.165, 1.54) is 24.4 Å². The quantitative estimate of drug-likeness (QED) is 0.765. The monoisotopic (exact) mass is 369 g/mol. The van der Waals surface area contributed by atoms with E-state index in [-0.39, 0.29) is 11.3 Å². The maximum atomic E-state index is 11.9. The lowest BCUT2D eigenvalue weighted by Gasteiger charge is -2.10. The molecule has 0 aliphatic heterocycles. The Morgan fingerprint density at radius 2 is 1.95 bits per heavy atom. The van der Waals surface area contributed by atoms with Crippen molar-refractivity contribution >= 4 is 50.9 Å². The average molecular weight is 371 g/mol. The number of aromatic carboxylic acids is 1. The van der Waals surface area contributed by atoms with Crippen molar-refractivity contribution in [3.05, 3.63) is 51.7 Å². The van der Waals surface area contributed by atoms with Crippen LogP contribution in [-0.4, -0.2) is 22.1 Å². The molecule has 0 saturated heterocycles. The predicted octanol–water partition coefficient (Wildman–Crippen LogP) is 3.84. The van der Waals surface area contributed by atoms with Gasteiger partial charge in [0.25, 0.3) is 0 Å². The fourth-order valence-electron chi connectivity index (χ4n) is 1.57. The number of urea groups is 1. The second-order valence-electron chi connectivity index (χ2n) is 3.97. The molecule has 0 radical (unpaired) electrons. The van der Waals surface area contributed by atoms with Gasteiger partial charge in [-0.15, -0.1) is 0 Å². The van der Waals surface area contributed by atoms with E-state index < -0.39 is 12.0 Å². The van der Waals surface area contributed by atoms with Crippen LogP contribution in [0.1, 0.15) is 10.4 Å². The first kappa shape index (κ1) is 15.3. The van der Waals surface area contributed by atoms with Gasteiger partial charge in [-0.3, -0.25) is 4.98 Å². The van der Waals surface area contributed by atoms with Crippen LogP contribution in [-0.2, 0) is 0 Å². The zero-order valence-electron chi connectivity index (χ0n) is 10.4. The van der Waals surface area contributed by atoms with E-state index >= 15 is 0 Å². The molecule has 0 atom stereocenters. The van der Waals surface area contributed by atoms with E-state index in [0.29, 0.717) is 15.2 Å². The van der Waals surface area contributed by atoms with E-state index in [0.717, 1.165) is 0 Å². The van der Waals surface area contributed by atoms with Crippen LogP contribution in [0.3, 0.4) is 0 Å². The SMILES string of the molecule is O=C(Nc1cncc(Br)c1)Nc1cc(Cl)ccc1C(=O)O. The number of anilines is 2. The summed E-state index contributed by atoms with van der Waals surface area (Å²) in [6, 6.07) is 5.18. The van der Waals surface area contributed by atoms with Gasteiger partial charge in [-0.05, 0) is 40.2 Å². The van der Waals surface area contributed by atoms with Crippen molar-refractivity contribution in [2.45, 2.75) is 0 Å². The summed E-state index contributed by atoms with van der Waals surface area (Å²) in [6.07, 6.45) is 3.03. The summed E-state index contributed by atoms with van der Waals surface area (Å²) in [7, 11) is 0. The van der Waals surface area contributed by atoms with E-state index in [9.17, 15) is 9.59 Å². The molecule has 21 heavy (non-hydrogen) atoms. The Labute approximate surface area is 133 Å². The minimum Gasteiger partial charge on any atom is -0.478 e. The number of hydrogen-bond donors (Lipinski definition) is 3. The molecule has 0 unspecified atom stereocenters. The third-order valence-electron chi connectivity index (χ3n) is 2.42. The molecule has 8 heteroatoms. The number of benzene rings is 1. The Bertz CT molecular complexity index is 709. The van der Waals surface area contributed by atoms with Crippen LogP contribution in [0.15, 0.2) is 41.1 Å². The molecule has 1 aromatic heterocycles. The number of aromatic nitrogens is 1. The minimum atomic E-state index is -1.16. The number of carbonyl (C=O) groups excluding carboxylic acids is 1. The lowest BCUT2D eigenvalue weighted by atomic mass is 10.2. The number of carbonyl (C=O) groups is 2. The van der Waals surface area contributed by atoms with Gasteiger partial charge in [0, 0.05) is 15.7 Å². The lowest BCUT2D eigenvalue weighted by molar-refractivity contribution is 0.0698. The largest absolute Gasteiger partial charge is 0.478 e. The highest BCUT2D eigenvalue weighted by atomic mass is 79.9. The van der Waals surface area contributed by atoms with Gasteiger partial charge in [-0.2, -0.15) is 0 Å². The van der Waals surface area contributed by atoms with E-state index in [1.54, 1.807) is 12.3 Å². The summed E-state index contributed by atoms with van der Waals surface area (Å²) in [5.41, 5.74) is 0.512. The summed E-state index contributed by atoms with van der Waals surface area (Å²) in [5, 5.41) is 14.4. The molecule has 2 aromatic rings. The molecule has 2 amide bonds. The van der Waals surface area contributed by atoms with Gasteiger partial charge in [0.05, 0.1) is 23.1 Å². The summed E-state index contributed by atoms with van der Waals surface area (Å²) >= 11 is 9.03. The zero-order chi connectivity index (χ0) is 15.4. The number of carboxylic acid groups (broad SMARTS) is 1. The molecular weight excluding hydrogens is 362 g/mol. The molecular formula is C13H9BrClN3O3. The van der Waals surface area contributed by atoms with Crippen LogP contribution < -0.4 is 10.6 Å². The van der Waals surface area contributed by atoms with Gasteiger partial charge in [0.15, 0.2) is 0 Å². The highest BCUT2D eigenvalue weighted by Gasteiger charge is 2.13. The molecule has 6 nitrogen and oxygen atoms in total. The van der Waals surface area contributed by atoms with E-state index in [1.807, 2.05) is 0 Å². The molecule has 0 spiro atoms. The van der Waals surface area contributed by atoms with Crippen LogP contribution in [0.4, 0.5) is 16.2 Å². The molecule has 0 fully saturated rings. The molecule has 0 aliphatic rings. The Balaban J connectivity index is 2.16. The maximum Gasteiger partial charge on any atom is 0.337 e. The van der Waals surface area contributed by atoms with Gasteiger partial charge in [-0.1, -0.05) is 11.6 Å². The van der Waals surface area contributed by atoms with Gasteiger partial charge in [-0.25, -0.2) is 9.59 Å². The van der Waals surface area contributed by atoms with Crippen LogP contribution in [0.5, 0.6) is 0 Å². The number of nitrogens with one attached hydrogen (secondary N) is 2. The van der Waals surface area contributed by atoms with E-state index in [2.05, 4.69) is 31.5 Å². The van der Waals surface area contributed by atoms with Crippen molar-refractivity contribution < 1.29 is 14.7 Å². The molecule has 108 valence electrons. The molecule has 0 bridgehead atoms. The first-order valence-corrected chi connectivity index (χ1v) is 6.84. The normalized spacial score (nSPS) is 10.0. The van der Waals surface area contributed by atoms with Crippen LogP contribution in [0.25, 0.3) is 0 Å². The third-order valence-corrected chi connectivity index (χ3v) is 3.09. The number of amides is 2. The molecule has 0 aliphatic carbocycles. The fraction of sp³-hybridized carbons (Fsp3) is 0. The standard InChI is InChI=1S/C13H9BrClN3O3/c14-7-3-9(6-16-5-7)17-13(21)18-11-4-8(15)1-2-10(11)12(19)20/h1-6H,(H,19,20)(H2,17,18,21). The number of hydrogen-bond acceptors (Lipinski definition) is 3. The summed E-state index contributed by atoms with van der Waals surface area (Å²) < 4.78 is 0.703. The number of halogens is 2. The Morgan fingerprint density at radius 1 is 1.19 bits per heavy atom. The highest BCUT2D eigenvalue weighted by Crippen LogP contribution is 2.21. The maximum absolute atomic E-state index is 11.9. The fourth-order valence-corrected chi connectivity index (χ4v) is 2.11. The van der Waals surface area contributed by atoms with Crippen LogP contribution in [0.2, 0.25) is 5.02 Å². The van der Waals surface area contributed by atoms with Crippen molar-refractivity contribution in [1.82, 2.24) is 4.98 Å². The summed E-state index contributed by atoms with van der Waals surface area (Å²) in [4.78, 5) is 26.9. The van der Waals surface area contributed by atoms with Crippen molar-refractivity contribution in [3.8, 4) is 0 Å². The molecule has 0 saturated carbocycles. The Hall–Kier alpha value is -2.12. The topological polar surface area (TPSA) is 91.3 Å². The number of rotatable bonds is 3. The number of nitrogens with zero attached hydrogens (tertiary/aromatic N) is 1. The Morgan fingerprint density at radius 3 is 2.62 bits per heavy atom. The molecule has 1 heterocycles. The van der Waals surface area contributed by atoms with Crippen molar-refractivity contribution in [2.75, 3.05) is 10.6 Å². The van der Waals surface area contributed by atoms with Gasteiger partial charge < -0.3 is 15.7 Å². The second kappa shape index (κ2) is 6.55. The van der Waals surface area contributed by atoms with Crippen LogP contribution in [0, 0.1) is 0 Å². The molecule has 2 rings (SSSR count). The third kappa shape index (κ3) is 4.17. The first-order valence-electron chi connectivity index (χ1n) is 5.67. The smallest absolute Gasteiger partial charge is 0.337 e. The number of pyridine rings is 1. The van der Waals surface area contributed by atoms with Crippen molar-refractivity contribution in [1.29, 1.82) is 0 Å². The zero-order valence-corrected chi connectivity index (χ0v) is 12.8. The van der Waals surface area contributed by atoms with E-state index in [4.69, 9.17) is 16.7 Å². The molecule has 3 N–H and O–H groups in total. The first-order chi connectivity index (χ1) is 9.95. The van der Waals surface area contributed by atoms with Crippen LogP contribution >= 0.6 is 27.5 Å². The van der Waals surface area contributed by atoms with Gasteiger partial charge >= 0.3 is 12.0 Å². The van der Waals surface area contributed by atoms with Gasteiger partial charge in [0.1, 0.15) is 0 Å². The minimum absolute atomic E-state index is 0.0538. The highest BCUT2D eigenvalue weighted by molar-refractivity contribution is 9.10. The predicted molar refractivity (Wildman–Crippen MR) is 83.0 cm³/mol. The second-order valence-corrected chi connectivity index (χ2v) is 5.32. The average Bonchev–Trinajstić information content (AvgIpc) is 2.38. The lowest BCUT2D eigenvalue weighted by Crippen LogP contribution is -2.21. The van der Waals surface area contributed by atoms with Gasteiger partial charge in [0.2, 0.25) is 0 Å². The van der Waals surface area contributed by atoms with Crippen molar-refractivity contribution in [2.24, 2.45) is 0 Å².